The minimum atomic E-state index is -0.600. The van der Waals surface area contributed by atoms with Crippen molar-refractivity contribution in [3.05, 3.63) is 100 Å². The lowest BCUT2D eigenvalue weighted by Gasteiger charge is -2.31. The lowest BCUT2D eigenvalue weighted by molar-refractivity contribution is -0.139. The van der Waals surface area contributed by atoms with Gasteiger partial charge in [-0.25, -0.2) is 0 Å². The number of rotatable bonds is 9. The van der Waals surface area contributed by atoms with Gasteiger partial charge in [-0.15, -0.1) is 11.8 Å². The number of hydrogen-bond donors (Lipinski definition) is 1. The van der Waals surface area contributed by atoms with Crippen LogP contribution < -0.4 is 5.32 Å². The first-order valence-corrected chi connectivity index (χ1v) is 12.2. The van der Waals surface area contributed by atoms with Crippen LogP contribution >= 0.6 is 27.7 Å². The van der Waals surface area contributed by atoms with E-state index < -0.39 is 6.04 Å². The van der Waals surface area contributed by atoms with Gasteiger partial charge in [0.2, 0.25) is 11.8 Å². The Hall–Kier alpha value is -2.57. The molecule has 0 fully saturated rings. The van der Waals surface area contributed by atoms with E-state index in [2.05, 4.69) is 21.2 Å². The molecule has 0 aliphatic carbocycles. The Balaban J connectivity index is 1.85. The van der Waals surface area contributed by atoms with Gasteiger partial charge in [-0.2, -0.15) is 0 Å². The molecule has 1 N–H and O–H groups in total. The van der Waals surface area contributed by atoms with Gasteiger partial charge in [0.05, 0.1) is 5.75 Å². The number of hydrogen-bond acceptors (Lipinski definition) is 3. The van der Waals surface area contributed by atoms with Crippen LogP contribution in [0.15, 0.2) is 88.2 Å². The molecule has 0 radical (unpaired) electrons. The molecule has 0 saturated heterocycles. The summed E-state index contributed by atoms with van der Waals surface area (Å²) < 4.78 is 0.973. The summed E-state index contributed by atoms with van der Waals surface area (Å²) in [5.41, 5.74) is 3.17. The van der Waals surface area contributed by atoms with Crippen LogP contribution in [0.3, 0.4) is 0 Å². The summed E-state index contributed by atoms with van der Waals surface area (Å²) in [5, 5.41) is 2.75. The Morgan fingerprint density at radius 2 is 1.59 bits per heavy atom. The van der Waals surface area contributed by atoms with Crippen molar-refractivity contribution in [2.75, 3.05) is 12.8 Å². The van der Waals surface area contributed by atoms with Gasteiger partial charge in [-0.1, -0.05) is 76.1 Å². The highest BCUT2D eigenvalue weighted by atomic mass is 79.9. The number of benzene rings is 3. The van der Waals surface area contributed by atoms with E-state index in [9.17, 15) is 9.59 Å². The predicted molar refractivity (Wildman–Crippen MR) is 135 cm³/mol. The van der Waals surface area contributed by atoms with Crippen LogP contribution in [0.4, 0.5) is 0 Å². The Labute approximate surface area is 202 Å². The van der Waals surface area contributed by atoms with Gasteiger partial charge >= 0.3 is 0 Å². The third-order valence-electron chi connectivity index (χ3n) is 5.17. The third kappa shape index (κ3) is 6.97. The summed E-state index contributed by atoms with van der Waals surface area (Å²) >= 11 is 4.95. The molecule has 0 aliphatic heterocycles. The molecule has 0 bridgehead atoms. The summed E-state index contributed by atoms with van der Waals surface area (Å²) in [4.78, 5) is 29.1. The number of nitrogens with one attached hydrogen (secondary N) is 1. The van der Waals surface area contributed by atoms with Gasteiger partial charge in [-0.3, -0.25) is 9.59 Å². The zero-order valence-electron chi connectivity index (χ0n) is 18.3. The van der Waals surface area contributed by atoms with Gasteiger partial charge in [-0.05, 0) is 42.3 Å². The topological polar surface area (TPSA) is 49.4 Å². The van der Waals surface area contributed by atoms with E-state index in [0.29, 0.717) is 13.0 Å². The van der Waals surface area contributed by atoms with Crippen molar-refractivity contribution in [2.45, 2.75) is 30.8 Å². The molecule has 0 aromatic heterocycles. The molecule has 0 saturated carbocycles. The Kier molecular flexibility index (Phi) is 8.94. The summed E-state index contributed by atoms with van der Waals surface area (Å²) in [7, 11) is 1.61. The van der Waals surface area contributed by atoms with Gasteiger partial charge < -0.3 is 10.2 Å². The summed E-state index contributed by atoms with van der Waals surface area (Å²) in [5.74, 6) is 0.0321. The monoisotopic (exact) mass is 510 g/mol. The number of carbonyl (C=O) groups is 2. The molecular formula is C26H27BrN2O2S. The number of halogens is 1. The molecular weight excluding hydrogens is 484 g/mol. The zero-order chi connectivity index (χ0) is 22.9. The van der Waals surface area contributed by atoms with Crippen LogP contribution in [-0.2, 0) is 22.6 Å². The first kappa shape index (κ1) is 24.1. The Bertz CT molecular complexity index is 1020. The molecule has 0 heterocycles. The fourth-order valence-electron chi connectivity index (χ4n) is 3.37. The van der Waals surface area contributed by atoms with E-state index in [4.69, 9.17) is 0 Å². The molecule has 4 nitrogen and oxygen atoms in total. The molecule has 0 aliphatic rings. The highest BCUT2D eigenvalue weighted by Gasteiger charge is 2.29. The first-order valence-electron chi connectivity index (χ1n) is 10.4. The fraction of sp³-hybridized carbons (Fsp3) is 0.231. The largest absolute Gasteiger partial charge is 0.357 e. The van der Waals surface area contributed by atoms with Gasteiger partial charge in [0.15, 0.2) is 0 Å². The van der Waals surface area contributed by atoms with Crippen molar-refractivity contribution in [2.24, 2.45) is 0 Å². The number of thioether (sulfide) groups is 1. The molecule has 6 heteroatoms. The van der Waals surface area contributed by atoms with E-state index in [-0.39, 0.29) is 17.6 Å². The predicted octanol–water partition coefficient (Wildman–Crippen LogP) is 5.24. The number of likely N-dealkylation sites (N-methyl/N-ethyl adjacent to an activating group) is 1. The average Bonchev–Trinajstić information content (AvgIpc) is 2.82. The molecule has 0 unspecified atom stereocenters. The second-order valence-corrected chi connectivity index (χ2v) is 9.53. The third-order valence-corrected chi connectivity index (χ3v) is 6.69. The Morgan fingerprint density at radius 1 is 0.938 bits per heavy atom. The minimum absolute atomic E-state index is 0.0666. The summed E-state index contributed by atoms with van der Waals surface area (Å²) in [6.45, 7) is 2.41. The van der Waals surface area contributed by atoms with Crippen LogP contribution in [-0.4, -0.2) is 35.6 Å². The average molecular weight is 511 g/mol. The number of carbonyl (C=O) groups excluding carboxylic acids is 2. The maximum Gasteiger partial charge on any atom is 0.242 e. The molecule has 32 heavy (non-hydrogen) atoms. The maximum atomic E-state index is 13.4. The second kappa shape index (κ2) is 11.9. The lowest BCUT2D eigenvalue weighted by atomic mass is 10.0. The number of nitrogens with zero attached hydrogens (tertiary/aromatic N) is 1. The fourth-order valence-corrected chi connectivity index (χ4v) is 4.42. The zero-order valence-corrected chi connectivity index (χ0v) is 20.7. The molecule has 3 rings (SSSR count). The molecule has 3 aromatic carbocycles. The van der Waals surface area contributed by atoms with E-state index >= 15 is 0 Å². The van der Waals surface area contributed by atoms with E-state index in [0.717, 1.165) is 20.5 Å². The van der Waals surface area contributed by atoms with Crippen LogP contribution in [0.2, 0.25) is 0 Å². The van der Waals surface area contributed by atoms with Crippen molar-refractivity contribution in [1.82, 2.24) is 10.2 Å². The van der Waals surface area contributed by atoms with Gasteiger partial charge in [0, 0.05) is 29.4 Å². The highest BCUT2D eigenvalue weighted by molar-refractivity contribution is 9.10. The number of amides is 2. The van der Waals surface area contributed by atoms with Gasteiger partial charge in [0.25, 0.3) is 0 Å². The standard InChI is InChI=1S/C26H27BrN2O2S/c1-19-8-14-23(15-9-19)32-18-25(30)29(17-21-10-12-22(27)13-11-21)24(26(31)28-2)16-20-6-4-3-5-7-20/h3-15,24H,16-18H2,1-2H3,(H,28,31)/t24-/m1/s1. The van der Waals surface area contributed by atoms with E-state index in [1.807, 2.05) is 85.8 Å². The molecule has 3 aromatic rings. The quantitative estimate of drug-likeness (QED) is 0.400. The van der Waals surface area contributed by atoms with E-state index in [1.54, 1.807) is 11.9 Å². The molecule has 166 valence electrons. The maximum absolute atomic E-state index is 13.4. The SMILES string of the molecule is CNC(=O)[C@@H](Cc1ccccc1)N(Cc1ccc(Br)cc1)C(=O)CSc1ccc(C)cc1. The number of aryl methyl sites for hydroxylation is 1. The normalized spacial score (nSPS) is 11.6. The van der Waals surface area contributed by atoms with Gasteiger partial charge in [0.1, 0.15) is 6.04 Å². The van der Waals surface area contributed by atoms with Crippen molar-refractivity contribution < 1.29 is 9.59 Å². The first-order chi connectivity index (χ1) is 15.5. The molecule has 0 spiro atoms. The van der Waals surface area contributed by atoms with Crippen LogP contribution in [0.5, 0.6) is 0 Å². The minimum Gasteiger partial charge on any atom is -0.357 e. The van der Waals surface area contributed by atoms with Crippen molar-refractivity contribution in [3.8, 4) is 0 Å². The van der Waals surface area contributed by atoms with Crippen molar-refractivity contribution in [3.63, 3.8) is 0 Å². The lowest BCUT2D eigenvalue weighted by Crippen LogP contribution is -2.50. The van der Waals surface area contributed by atoms with Crippen LogP contribution in [0, 0.1) is 6.92 Å². The smallest absolute Gasteiger partial charge is 0.242 e. The van der Waals surface area contributed by atoms with Crippen LogP contribution in [0.25, 0.3) is 0 Å². The highest BCUT2D eigenvalue weighted by Crippen LogP contribution is 2.22. The molecule has 1 atom stereocenters. The Morgan fingerprint density at radius 3 is 2.22 bits per heavy atom. The molecule has 2 amide bonds. The van der Waals surface area contributed by atoms with E-state index in [1.165, 1.54) is 17.3 Å². The van der Waals surface area contributed by atoms with Crippen LogP contribution in [0.1, 0.15) is 16.7 Å². The van der Waals surface area contributed by atoms with Crippen molar-refractivity contribution in [1.29, 1.82) is 0 Å². The second-order valence-electron chi connectivity index (χ2n) is 7.57. The summed E-state index contributed by atoms with van der Waals surface area (Å²) in [6.07, 6.45) is 0.456. The summed E-state index contributed by atoms with van der Waals surface area (Å²) in [6, 6.07) is 25.2. The van der Waals surface area contributed by atoms with Crippen molar-refractivity contribution >= 4 is 39.5 Å².